The largest absolute Gasteiger partial charge is 0.492 e. The van der Waals surface area contributed by atoms with Gasteiger partial charge >= 0.3 is 0 Å². The van der Waals surface area contributed by atoms with E-state index in [1.54, 1.807) is 0 Å². The number of aryl methyl sites for hydroxylation is 1. The average Bonchev–Trinajstić information content (AvgIpc) is 2.30. The fraction of sp³-hybridized carbons (Fsp3) is 0.500. The van der Waals surface area contributed by atoms with Crippen molar-refractivity contribution < 1.29 is 5.11 Å². The van der Waals surface area contributed by atoms with E-state index in [-0.39, 0.29) is 5.88 Å². The minimum Gasteiger partial charge on any atom is -0.492 e. The molecule has 3 nitrogen and oxygen atoms in total. The summed E-state index contributed by atoms with van der Waals surface area (Å²) in [5, 5.41) is 10.0. The van der Waals surface area contributed by atoms with Crippen LogP contribution in [0.1, 0.15) is 16.8 Å². The molecule has 0 saturated heterocycles. The molecule has 0 spiro atoms. The molecule has 0 unspecified atom stereocenters. The fourth-order valence-corrected chi connectivity index (χ4v) is 1.46. The first-order valence-corrected chi connectivity index (χ1v) is 3.97. The molecule has 1 aromatic heterocycles. The molecule has 0 aromatic carbocycles. The summed E-state index contributed by atoms with van der Waals surface area (Å²) in [6, 6.07) is 0. The molecule has 1 heterocycles. The normalized spacial score (nSPS) is 10.2. The van der Waals surface area contributed by atoms with E-state index >= 15 is 0 Å². The van der Waals surface area contributed by atoms with Crippen molar-refractivity contribution in [2.24, 2.45) is 5.73 Å². The summed E-state index contributed by atoms with van der Waals surface area (Å²) >= 11 is 1.47. The molecule has 56 valence electrons. The lowest BCUT2D eigenvalue weighted by Crippen LogP contribution is -1.92. The van der Waals surface area contributed by atoms with Crippen LogP contribution in [-0.2, 0) is 13.0 Å². The molecule has 0 aliphatic heterocycles. The van der Waals surface area contributed by atoms with Crippen LogP contribution in [0.2, 0.25) is 0 Å². The SMILES string of the molecule is CCc1nc(O)c(CN)s1. The van der Waals surface area contributed by atoms with Gasteiger partial charge in [-0.2, -0.15) is 0 Å². The first kappa shape index (κ1) is 7.50. The Balaban J connectivity index is 2.92. The number of aromatic nitrogens is 1. The van der Waals surface area contributed by atoms with Crippen molar-refractivity contribution in [3.63, 3.8) is 0 Å². The van der Waals surface area contributed by atoms with Gasteiger partial charge in [-0.25, -0.2) is 4.98 Å². The van der Waals surface area contributed by atoms with Gasteiger partial charge in [-0.15, -0.1) is 11.3 Å². The Bertz CT molecular complexity index is 222. The van der Waals surface area contributed by atoms with E-state index in [1.165, 1.54) is 11.3 Å². The maximum atomic E-state index is 9.08. The number of thiazole rings is 1. The predicted molar refractivity (Wildman–Crippen MR) is 41.0 cm³/mol. The van der Waals surface area contributed by atoms with Crippen molar-refractivity contribution in [2.45, 2.75) is 19.9 Å². The van der Waals surface area contributed by atoms with Crippen LogP contribution in [0, 0.1) is 0 Å². The highest BCUT2D eigenvalue weighted by Gasteiger charge is 2.05. The van der Waals surface area contributed by atoms with Gasteiger partial charge in [0.2, 0.25) is 5.88 Å². The van der Waals surface area contributed by atoms with Crippen LogP contribution in [0.15, 0.2) is 0 Å². The summed E-state index contributed by atoms with van der Waals surface area (Å²) in [6.45, 7) is 2.38. The molecular formula is C6H10N2OS. The summed E-state index contributed by atoms with van der Waals surface area (Å²) in [5.41, 5.74) is 5.33. The lowest BCUT2D eigenvalue weighted by Gasteiger charge is -1.85. The topological polar surface area (TPSA) is 59.1 Å². The van der Waals surface area contributed by atoms with Crippen molar-refractivity contribution in [3.8, 4) is 5.88 Å². The van der Waals surface area contributed by atoms with Crippen LogP contribution < -0.4 is 5.73 Å². The molecule has 1 aromatic rings. The maximum Gasteiger partial charge on any atom is 0.226 e. The molecule has 3 N–H and O–H groups in total. The molecule has 0 atom stereocenters. The second-order valence-corrected chi connectivity index (χ2v) is 3.08. The van der Waals surface area contributed by atoms with Gasteiger partial charge < -0.3 is 10.8 Å². The van der Waals surface area contributed by atoms with E-state index < -0.39 is 0 Å². The number of aromatic hydroxyl groups is 1. The molecule has 0 radical (unpaired) electrons. The third-order valence-corrected chi connectivity index (χ3v) is 2.42. The van der Waals surface area contributed by atoms with Crippen LogP contribution in [0.5, 0.6) is 5.88 Å². The highest BCUT2D eigenvalue weighted by Crippen LogP contribution is 2.23. The van der Waals surface area contributed by atoms with Crippen molar-refractivity contribution >= 4 is 11.3 Å². The molecule has 1 rings (SSSR count). The molecule has 0 bridgehead atoms. The second-order valence-electron chi connectivity index (χ2n) is 1.91. The van der Waals surface area contributed by atoms with E-state index in [0.29, 0.717) is 6.54 Å². The predicted octanol–water partition coefficient (Wildman–Crippen LogP) is 0.870. The van der Waals surface area contributed by atoms with E-state index in [9.17, 15) is 0 Å². The Hall–Kier alpha value is -0.610. The third kappa shape index (κ3) is 1.27. The van der Waals surface area contributed by atoms with Gasteiger partial charge in [0.25, 0.3) is 0 Å². The van der Waals surface area contributed by atoms with Crippen LogP contribution in [-0.4, -0.2) is 10.1 Å². The summed E-state index contributed by atoms with van der Waals surface area (Å²) in [7, 11) is 0. The summed E-state index contributed by atoms with van der Waals surface area (Å²) in [6.07, 6.45) is 0.859. The van der Waals surface area contributed by atoms with Gasteiger partial charge in [0.15, 0.2) is 0 Å². The lowest BCUT2D eigenvalue weighted by molar-refractivity contribution is 0.450. The number of nitrogens with zero attached hydrogens (tertiary/aromatic N) is 1. The van der Waals surface area contributed by atoms with Gasteiger partial charge in [-0.05, 0) is 6.42 Å². The second kappa shape index (κ2) is 2.98. The van der Waals surface area contributed by atoms with E-state index in [4.69, 9.17) is 10.8 Å². The highest BCUT2D eigenvalue weighted by atomic mass is 32.1. The van der Waals surface area contributed by atoms with Crippen molar-refractivity contribution in [1.82, 2.24) is 4.98 Å². The van der Waals surface area contributed by atoms with Gasteiger partial charge in [-0.3, -0.25) is 0 Å². The van der Waals surface area contributed by atoms with E-state index in [1.807, 2.05) is 6.92 Å². The summed E-state index contributed by atoms with van der Waals surface area (Å²) < 4.78 is 0. The molecule has 10 heavy (non-hydrogen) atoms. The zero-order valence-corrected chi connectivity index (χ0v) is 6.61. The van der Waals surface area contributed by atoms with Crippen LogP contribution in [0.25, 0.3) is 0 Å². The Morgan fingerprint density at radius 3 is 2.70 bits per heavy atom. The zero-order chi connectivity index (χ0) is 7.56. The standard InChI is InChI=1S/C6H10N2OS/c1-2-5-8-6(9)4(3-7)10-5/h9H,2-3,7H2,1H3. The highest BCUT2D eigenvalue weighted by molar-refractivity contribution is 7.11. The van der Waals surface area contributed by atoms with Gasteiger partial charge in [0.1, 0.15) is 0 Å². The van der Waals surface area contributed by atoms with Gasteiger partial charge in [0.05, 0.1) is 9.88 Å². The zero-order valence-electron chi connectivity index (χ0n) is 5.79. The van der Waals surface area contributed by atoms with Crippen LogP contribution in [0.4, 0.5) is 0 Å². The number of hydrogen-bond acceptors (Lipinski definition) is 4. The van der Waals surface area contributed by atoms with Crippen molar-refractivity contribution in [3.05, 3.63) is 9.88 Å². The molecule has 0 amide bonds. The lowest BCUT2D eigenvalue weighted by atomic mass is 10.5. The van der Waals surface area contributed by atoms with E-state index in [0.717, 1.165) is 16.3 Å². The van der Waals surface area contributed by atoms with Crippen molar-refractivity contribution in [2.75, 3.05) is 0 Å². The number of hydrogen-bond donors (Lipinski definition) is 2. The van der Waals surface area contributed by atoms with E-state index in [2.05, 4.69) is 4.98 Å². The first-order chi connectivity index (χ1) is 4.77. The van der Waals surface area contributed by atoms with Gasteiger partial charge in [-0.1, -0.05) is 6.92 Å². The van der Waals surface area contributed by atoms with Crippen molar-refractivity contribution in [1.29, 1.82) is 0 Å². The molecule has 4 heteroatoms. The Morgan fingerprint density at radius 1 is 1.70 bits per heavy atom. The number of nitrogens with two attached hydrogens (primary N) is 1. The Labute approximate surface area is 63.5 Å². The smallest absolute Gasteiger partial charge is 0.226 e. The minimum atomic E-state index is 0.101. The summed E-state index contributed by atoms with van der Waals surface area (Å²) in [5.74, 6) is 0.101. The molecular weight excluding hydrogens is 148 g/mol. The summed E-state index contributed by atoms with van der Waals surface area (Å²) in [4.78, 5) is 4.67. The first-order valence-electron chi connectivity index (χ1n) is 3.15. The quantitative estimate of drug-likeness (QED) is 0.671. The third-order valence-electron chi connectivity index (χ3n) is 1.21. The average molecular weight is 158 g/mol. The van der Waals surface area contributed by atoms with Crippen LogP contribution >= 0.6 is 11.3 Å². The number of rotatable bonds is 2. The van der Waals surface area contributed by atoms with Crippen LogP contribution in [0.3, 0.4) is 0 Å². The Morgan fingerprint density at radius 2 is 2.40 bits per heavy atom. The molecule has 0 saturated carbocycles. The molecule has 0 fully saturated rings. The fourth-order valence-electron chi connectivity index (χ4n) is 0.675. The monoisotopic (exact) mass is 158 g/mol. The molecule has 0 aliphatic rings. The maximum absolute atomic E-state index is 9.08. The molecule has 0 aliphatic carbocycles. The van der Waals surface area contributed by atoms with Gasteiger partial charge in [0, 0.05) is 6.54 Å². The minimum absolute atomic E-state index is 0.101. The Kier molecular flexibility index (Phi) is 2.24.